The molecule has 0 aliphatic carbocycles. The van der Waals surface area contributed by atoms with Crippen LogP contribution in [-0.4, -0.2) is 0 Å². The quantitative estimate of drug-likeness (QED) is 0.140. The number of rotatable bonds is 10. The average molecular weight is 721 g/mol. The zero-order valence-electron chi connectivity index (χ0n) is 33.5. The second-order valence-electron chi connectivity index (χ2n) is 16.3. The van der Waals surface area contributed by atoms with Crippen LogP contribution in [0.1, 0.15) is 101 Å². The van der Waals surface area contributed by atoms with E-state index in [2.05, 4.69) is 211 Å². The smallest absolute Gasteiger partial charge is 0.143 e. The molecule has 3 heteroatoms. The van der Waals surface area contributed by atoms with Gasteiger partial charge >= 0.3 is 0 Å². The molecule has 0 saturated heterocycles. The molecule has 0 aliphatic rings. The lowest BCUT2D eigenvalue weighted by atomic mass is 9.94. The van der Waals surface area contributed by atoms with Crippen LogP contribution in [-0.2, 0) is 0 Å². The molecule has 8 aromatic rings. The maximum atomic E-state index is 6.82. The summed E-state index contributed by atoms with van der Waals surface area (Å²) >= 11 is 0. The maximum absolute atomic E-state index is 6.82. The predicted molar refractivity (Wildman–Crippen MR) is 237 cm³/mol. The normalized spacial score (nSPS) is 11.9. The number of anilines is 6. The van der Waals surface area contributed by atoms with E-state index in [1.807, 2.05) is 0 Å². The van der Waals surface area contributed by atoms with E-state index in [-0.39, 0.29) is 0 Å². The third-order valence-electron chi connectivity index (χ3n) is 11.1. The van der Waals surface area contributed by atoms with Crippen LogP contribution < -0.4 is 9.80 Å². The highest BCUT2D eigenvalue weighted by Crippen LogP contribution is 2.45. The summed E-state index contributed by atoms with van der Waals surface area (Å²) in [6, 6.07) is 53.5. The van der Waals surface area contributed by atoms with Crippen molar-refractivity contribution in [2.45, 2.75) is 79.1 Å². The van der Waals surface area contributed by atoms with Crippen LogP contribution >= 0.6 is 0 Å². The van der Waals surface area contributed by atoms with Gasteiger partial charge in [-0.25, -0.2) is 0 Å². The summed E-state index contributed by atoms with van der Waals surface area (Å²) in [4.78, 5) is 4.81. The number of para-hydroxylation sites is 2. The van der Waals surface area contributed by atoms with Gasteiger partial charge in [-0.3, -0.25) is 0 Å². The van der Waals surface area contributed by atoms with Gasteiger partial charge in [0.15, 0.2) is 0 Å². The van der Waals surface area contributed by atoms with E-state index in [1.54, 1.807) is 0 Å². The van der Waals surface area contributed by atoms with Crippen molar-refractivity contribution >= 4 is 66.8 Å². The molecule has 55 heavy (non-hydrogen) atoms. The molecule has 0 radical (unpaired) electrons. The van der Waals surface area contributed by atoms with Gasteiger partial charge in [-0.15, -0.1) is 0 Å². The van der Waals surface area contributed by atoms with Crippen LogP contribution in [0.4, 0.5) is 34.1 Å². The summed E-state index contributed by atoms with van der Waals surface area (Å²) in [5.74, 6) is 1.67. The Morgan fingerprint density at radius 3 is 1.35 bits per heavy atom. The fourth-order valence-electron chi connectivity index (χ4n) is 7.84. The minimum Gasteiger partial charge on any atom is -0.455 e. The van der Waals surface area contributed by atoms with Gasteiger partial charge in [0.1, 0.15) is 11.2 Å². The van der Waals surface area contributed by atoms with Gasteiger partial charge in [0.05, 0.1) is 5.69 Å². The van der Waals surface area contributed by atoms with Gasteiger partial charge < -0.3 is 14.2 Å². The van der Waals surface area contributed by atoms with Crippen molar-refractivity contribution in [3.8, 4) is 0 Å². The lowest BCUT2D eigenvalue weighted by molar-refractivity contribution is 0.672. The van der Waals surface area contributed by atoms with E-state index in [9.17, 15) is 0 Å². The highest BCUT2D eigenvalue weighted by molar-refractivity contribution is 6.18. The lowest BCUT2D eigenvalue weighted by Gasteiger charge is -2.28. The first-order valence-corrected chi connectivity index (χ1v) is 20.0. The molecule has 0 atom stereocenters. The van der Waals surface area contributed by atoms with Crippen LogP contribution in [0, 0.1) is 0 Å². The summed E-state index contributed by atoms with van der Waals surface area (Å²) < 4.78 is 6.82. The second-order valence-corrected chi connectivity index (χ2v) is 16.3. The first-order valence-electron chi connectivity index (χ1n) is 20.0. The first kappa shape index (κ1) is 36.2. The molecule has 0 unspecified atom stereocenters. The first-order chi connectivity index (χ1) is 26.6. The Bertz CT molecular complexity index is 2560. The Kier molecular flexibility index (Phi) is 9.73. The van der Waals surface area contributed by atoms with E-state index < -0.39 is 0 Å². The highest BCUT2D eigenvalue weighted by atomic mass is 16.3. The van der Waals surface area contributed by atoms with Crippen LogP contribution in [0.3, 0.4) is 0 Å². The van der Waals surface area contributed by atoms with Crippen molar-refractivity contribution in [1.82, 2.24) is 0 Å². The molecule has 3 nitrogen and oxygen atoms in total. The summed E-state index contributed by atoms with van der Waals surface area (Å²) in [5, 5.41) is 4.47. The number of furan rings is 1. The summed E-state index contributed by atoms with van der Waals surface area (Å²) in [6.07, 6.45) is 0. The van der Waals surface area contributed by atoms with E-state index >= 15 is 0 Å². The topological polar surface area (TPSA) is 19.6 Å². The zero-order chi connectivity index (χ0) is 38.4. The second kappa shape index (κ2) is 14.8. The fourth-order valence-corrected chi connectivity index (χ4v) is 7.84. The SMILES string of the molecule is CC(C)c1cc(C(C)C)cc(N(c2ccccc2)c2ccc3oc4c5cccc(N(c6ccccc6)c6cc(C(C)C)cc(C(C)C)c6)c5ccc4c3c2)c1. The molecular weight excluding hydrogens is 669 g/mol. The van der Waals surface area contributed by atoms with Gasteiger partial charge in [0.25, 0.3) is 0 Å². The largest absolute Gasteiger partial charge is 0.455 e. The number of nitrogens with zero attached hydrogens (tertiary/aromatic N) is 2. The molecule has 276 valence electrons. The Hall–Kier alpha value is -5.80. The standard InChI is InChI=1S/C52H52N2O/c1-33(2)37-26-38(34(3)4)29-44(28-37)53(41-16-11-9-12-17-41)43-22-25-51-49(32-43)48-24-23-46-47(52(48)55-51)20-15-21-50(46)54(42-18-13-10-14-19-42)45-30-39(35(5)6)27-40(31-45)36(7)8/h9-36H,1-8H3. The Labute approximate surface area is 326 Å². The van der Waals surface area contributed by atoms with Gasteiger partial charge in [-0.1, -0.05) is 122 Å². The van der Waals surface area contributed by atoms with Crippen molar-refractivity contribution in [2.75, 3.05) is 9.80 Å². The maximum Gasteiger partial charge on any atom is 0.143 e. The molecule has 0 fully saturated rings. The zero-order valence-corrected chi connectivity index (χ0v) is 33.5. The third-order valence-corrected chi connectivity index (χ3v) is 11.1. The predicted octanol–water partition coefficient (Wildman–Crippen LogP) is 16.2. The number of fused-ring (bicyclic) bond motifs is 5. The Balaban J connectivity index is 1.32. The van der Waals surface area contributed by atoms with Crippen LogP contribution in [0.15, 0.2) is 150 Å². The Morgan fingerprint density at radius 1 is 0.345 bits per heavy atom. The van der Waals surface area contributed by atoms with Crippen molar-refractivity contribution in [3.63, 3.8) is 0 Å². The number of benzene rings is 7. The van der Waals surface area contributed by atoms with Crippen molar-refractivity contribution in [2.24, 2.45) is 0 Å². The molecular formula is C52H52N2O. The van der Waals surface area contributed by atoms with Gasteiger partial charge in [0, 0.05) is 50.0 Å². The molecule has 0 bridgehead atoms. The summed E-state index contributed by atoms with van der Waals surface area (Å²) in [5.41, 5.74) is 14.0. The number of hydrogen-bond acceptors (Lipinski definition) is 3. The fraction of sp³-hybridized carbons (Fsp3) is 0.231. The van der Waals surface area contributed by atoms with E-state index in [0.29, 0.717) is 23.7 Å². The molecule has 1 aromatic heterocycles. The molecule has 1 heterocycles. The van der Waals surface area contributed by atoms with Crippen molar-refractivity contribution < 1.29 is 4.42 Å². The molecule has 7 aromatic carbocycles. The summed E-state index contributed by atoms with van der Waals surface area (Å²) in [7, 11) is 0. The molecule has 8 rings (SSSR count). The van der Waals surface area contributed by atoms with Crippen molar-refractivity contribution in [3.05, 3.63) is 168 Å². The minimum atomic E-state index is 0.414. The minimum absolute atomic E-state index is 0.414. The van der Waals surface area contributed by atoms with Gasteiger partial charge in [-0.05, 0) is 125 Å². The van der Waals surface area contributed by atoms with Crippen LogP contribution in [0.5, 0.6) is 0 Å². The highest BCUT2D eigenvalue weighted by Gasteiger charge is 2.22. The molecule has 0 saturated carbocycles. The molecule has 0 aliphatic heterocycles. The van der Waals surface area contributed by atoms with Crippen LogP contribution in [0.2, 0.25) is 0 Å². The van der Waals surface area contributed by atoms with Gasteiger partial charge in [-0.2, -0.15) is 0 Å². The van der Waals surface area contributed by atoms with Crippen molar-refractivity contribution in [1.29, 1.82) is 0 Å². The van der Waals surface area contributed by atoms with E-state index in [4.69, 9.17) is 4.42 Å². The molecule has 0 spiro atoms. The average Bonchev–Trinajstić information content (AvgIpc) is 3.57. The Morgan fingerprint density at radius 2 is 0.818 bits per heavy atom. The number of hydrogen-bond donors (Lipinski definition) is 0. The molecule has 0 N–H and O–H groups in total. The summed E-state index contributed by atoms with van der Waals surface area (Å²) in [6.45, 7) is 18.2. The van der Waals surface area contributed by atoms with Gasteiger partial charge in [0.2, 0.25) is 0 Å². The monoisotopic (exact) mass is 720 g/mol. The molecule has 0 amide bonds. The lowest BCUT2D eigenvalue weighted by Crippen LogP contribution is -2.12. The third kappa shape index (κ3) is 6.89. The van der Waals surface area contributed by atoms with E-state index in [0.717, 1.165) is 55.5 Å². The van der Waals surface area contributed by atoms with Crippen LogP contribution in [0.25, 0.3) is 32.7 Å². The van der Waals surface area contributed by atoms with E-state index in [1.165, 1.54) is 33.6 Å².